The predicted molar refractivity (Wildman–Crippen MR) is 78.9 cm³/mol. The summed E-state index contributed by atoms with van der Waals surface area (Å²) in [5.74, 6) is 0.485. The van der Waals surface area contributed by atoms with Gasteiger partial charge in [-0.1, -0.05) is 18.7 Å². The number of nitrogens with one attached hydrogen (secondary N) is 1. The maximum Gasteiger partial charge on any atom is 0.343 e. The van der Waals surface area contributed by atoms with Gasteiger partial charge in [0.05, 0.1) is 5.75 Å². The lowest BCUT2D eigenvalue weighted by molar-refractivity contribution is -0.131. The van der Waals surface area contributed by atoms with Crippen LogP contribution in [0.5, 0.6) is 0 Å². The van der Waals surface area contributed by atoms with Gasteiger partial charge in [-0.2, -0.15) is 0 Å². The van der Waals surface area contributed by atoms with Crippen molar-refractivity contribution in [3.63, 3.8) is 0 Å². The van der Waals surface area contributed by atoms with Crippen molar-refractivity contribution in [2.45, 2.75) is 57.3 Å². The van der Waals surface area contributed by atoms with Gasteiger partial charge >= 0.3 is 5.69 Å². The van der Waals surface area contributed by atoms with Crippen molar-refractivity contribution in [1.82, 2.24) is 19.7 Å². The van der Waals surface area contributed by atoms with Crippen molar-refractivity contribution in [3.8, 4) is 0 Å². The number of carbonyl (C=O) groups is 1. The van der Waals surface area contributed by atoms with Crippen LogP contribution in [-0.2, 0) is 11.3 Å². The summed E-state index contributed by atoms with van der Waals surface area (Å²) >= 11 is 1.34. The highest BCUT2D eigenvalue weighted by Gasteiger charge is 2.23. The number of carbonyl (C=O) groups excluding carboxylic acids is 1. The lowest BCUT2D eigenvalue weighted by Gasteiger charge is -2.33. The van der Waals surface area contributed by atoms with Crippen molar-refractivity contribution < 1.29 is 4.79 Å². The molecule has 2 rings (SSSR count). The number of amides is 1. The van der Waals surface area contributed by atoms with Gasteiger partial charge < -0.3 is 4.90 Å². The van der Waals surface area contributed by atoms with Gasteiger partial charge in [0.15, 0.2) is 5.16 Å². The van der Waals surface area contributed by atoms with Crippen LogP contribution in [0.15, 0.2) is 9.95 Å². The third-order valence-electron chi connectivity index (χ3n) is 3.62. The van der Waals surface area contributed by atoms with Gasteiger partial charge in [-0.05, 0) is 32.6 Å². The molecular formula is C13H22N4O2S. The van der Waals surface area contributed by atoms with Gasteiger partial charge in [0.25, 0.3) is 0 Å². The number of hydrogen-bond acceptors (Lipinski definition) is 4. The summed E-state index contributed by atoms with van der Waals surface area (Å²) in [5, 5.41) is 7.04. The van der Waals surface area contributed by atoms with E-state index in [1.165, 1.54) is 18.2 Å². The van der Waals surface area contributed by atoms with Gasteiger partial charge in [0.2, 0.25) is 5.91 Å². The topological polar surface area (TPSA) is 71.0 Å². The normalized spacial score (nSPS) is 19.3. The molecular weight excluding hydrogens is 276 g/mol. The molecule has 1 aliphatic rings. The quantitative estimate of drug-likeness (QED) is 0.836. The van der Waals surface area contributed by atoms with Crippen molar-refractivity contribution in [3.05, 3.63) is 10.5 Å². The van der Waals surface area contributed by atoms with Crippen LogP contribution in [0.1, 0.15) is 39.5 Å². The van der Waals surface area contributed by atoms with Crippen LogP contribution < -0.4 is 5.69 Å². The molecule has 1 saturated heterocycles. The SMILES string of the molecule is CCCn1c(SCC(=O)N2CCCCC2C)n[nH]c1=O. The molecule has 1 fully saturated rings. The number of nitrogens with zero attached hydrogens (tertiary/aromatic N) is 3. The molecule has 0 aliphatic carbocycles. The second kappa shape index (κ2) is 6.97. The number of piperidine rings is 1. The molecule has 20 heavy (non-hydrogen) atoms. The first-order valence-electron chi connectivity index (χ1n) is 7.21. The molecule has 112 valence electrons. The molecule has 1 aliphatic heterocycles. The molecule has 1 N–H and O–H groups in total. The van der Waals surface area contributed by atoms with Crippen LogP contribution >= 0.6 is 11.8 Å². The van der Waals surface area contributed by atoms with Crippen LogP contribution in [0.3, 0.4) is 0 Å². The van der Waals surface area contributed by atoms with Crippen molar-refractivity contribution in [2.24, 2.45) is 0 Å². The fourth-order valence-electron chi connectivity index (χ4n) is 2.51. The molecule has 0 saturated carbocycles. The third-order valence-corrected chi connectivity index (χ3v) is 4.58. The molecule has 0 aromatic carbocycles. The van der Waals surface area contributed by atoms with Crippen LogP contribution in [0.2, 0.25) is 0 Å². The molecule has 1 unspecified atom stereocenters. The lowest BCUT2D eigenvalue weighted by atomic mass is 10.0. The first-order valence-corrected chi connectivity index (χ1v) is 8.19. The van der Waals surface area contributed by atoms with E-state index in [1.54, 1.807) is 4.57 Å². The van der Waals surface area contributed by atoms with E-state index in [9.17, 15) is 9.59 Å². The highest BCUT2D eigenvalue weighted by molar-refractivity contribution is 7.99. The minimum absolute atomic E-state index is 0.140. The number of aromatic amines is 1. The van der Waals surface area contributed by atoms with E-state index in [2.05, 4.69) is 17.1 Å². The monoisotopic (exact) mass is 298 g/mol. The minimum atomic E-state index is -0.201. The van der Waals surface area contributed by atoms with Crippen LogP contribution in [0.4, 0.5) is 0 Å². The summed E-state index contributed by atoms with van der Waals surface area (Å²) in [7, 11) is 0. The van der Waals surface area contributed by atoms with E-state index < -0.39 is 0 Å². The number of rotatable bonds is 5. The average molecular weight is 298 g/mol. The molecule has 1 aromatic rings. The van der Waals surface area contributed by atoms with Crippen molar-refractivity contribution in [2.75, 3.05) is 12.3 Å². The minimum Gasteiger partial charge on any atom is -0.339 e. The molecule has 0 spiro atoms. The highest BCUT2D eigenvalue weighted by atomic mass is 32.2. The number of aromatic nitrogens is 3. The van der Waals surface area contributed by atoms with Gasteiger partial charge in [-0.25, -0.2) is 9.89 Å². The molecule has 1 atom stereocenters. The zero-order valence-electron chi connectivity index (χ0n) is 12.1. The summed E-state index contributed by atoms with van der Waals surface area (Å²) in [6, 6.07) is 0.328. The van der Waals surface area contributed by atoms with Gasteiger partial charge in [0.1, 0.15) is 0 Å². The van der Waals surface area contributed by atoms with Gasteiger partial charge in [-0.3, -0.25) is 9.36 Å². The van der Waals surface area contributed by atoms with Crippen LogP contribution in [-0.4, -0.2) is 43.9 Å². The predicted octanol–water partition coefficient (Wildman–Crippen LogP) is 1.47. The van der Waals surface area contributed by atoms with Gasteiger partial charge in [-0.15, -0.1) is 5.10 Å². The molecule has 1 amide bonds. The standard InChI is InChI=1S/C13H22N4O2S/c1-3-7-17-12(19)14-15-13(17)20-9-11(18)16-8-5-4-6-10(16)2/h10H,3-9H2,1-2H3,(H,14,19). The summed E-state index contributed by atoms with van der Waals surface area (Å²) in [5.41, 5.74) is -0.201. The Morgan fingerprint density at radius 3 is 3.00 bits per heavy atom. The van der Waals surface area contributed by atoms with E-state index in [4.69, 9.17) is 0 Å². The zero-order chi connectivity index (χ0) is 14.5. The van der Waals surface area contributed by atoms with E-state index in [0.29, 0.717) is 23.5 Å². The Labute approximate surface area is 122 Å². The van der Waals surface area contributed by atoms with E-state index in [1.807, 2.05) is 11.8 Å². The van der Waals surface area contributed by atoms with Crippen LogP contribution in [0.25, 0.3) is 0 Å². The Kier molecular flexibility index (Phi) is 5.28. The third kappa shape index (κ3) is 3.45. The smallest absolute Gasteiger partial charge is 0.339 e. The van der Waals surface area contributed by atoms with Crippen molar-refractivity contribution in [1.29, 1.82) is 0 Å². The number of hydrogen-bond donors (Lipinski definition) is 1. The van der Waals surface area contributed by atoms with Crippen molar-refractivity contribution >= 4 is 17.7 Å². The molecule has 2 heterocycles. The fourth-order valence-corrected chi connectivity index (χ4v) is 3.37. The van der Waals surface area contributed by atoms with E-state index in [-0.39, 0.29) is 11.6 Å². The second-order valence-electron chi connectivity index (χ2n) is 5.18. The summed E-state index contributed by atoms with van der Waals surface area (Å²) < 4.78 is 1.59. The Bertz CT molecular complexity index is 511. The molecule has 6 nitrogen and oxygen atoms in total. The second-order valence-corrected chi connectivity index (χ2v) is 6.13. The molecule has 7 heteroatoms. The Morgan fingerprint density at radius 2 is 2.30 bits per heavy atom. The highest BCUT2D eigenvalue weighted by Crippen LogP contribution is 2.20. The average Bonchev–Trinajstić information content (AvgIpc) is 2.78. The number of likely N-dealkylation sites (tertiary alicyclic amines) is 1. The van der Waals surface area contributed by atoms with E-state index >= 15 is 0 Å². The fraction of sp³-hybridized carbons (Fsp3) is 0.769. The number of H-pyrrole nitrogens is 1. The summed E-state index contributed by atoms with van der Waals surface area (Å²) in [6.45, 7) is 5.59. The summed E-state index contributed by atoms with van der Waals surface area (Å²) in [6.07, 6.45) is 4.24. The van der Waals surface area contributed by atoms with E-state index in [0.717, 1.165) is 25.8 Å². The first-order chi connectivity index (χ1) is 9.63. The maximum atomic E-state index is 12.2. The Balaban J connectivity index is 1.94. The molecule has 0 radical (unpaired) electrons. The molecule has 1 aromatic heterocycles. The maximum absolute atomic E-state index is 12.2. The molecule has 0 bridgehead atoms. The van der Waals surface area contributed by atoms with Gasteiger partial charge in [0, 0.05) is 19.1 Å². The lowest BCUT2D eigenvalue weighted by Crippen LogP contribution is -2.43. The largest absolute Gasteiger partial charge is 0.343 e. The zero-order valence-corrected chi connectivity index (χ0v) is 12.9. The Hall–Kier alpha value is -1.24. The number of thioether (sulfide) groups is 1. The first kappa shape index (κ1) is 15.2. The Morgan fingerprint density at radius 1 is 1.50 bits per heavy atom. The van der Waals surface area contributed by atoms with Crippen LogP contribution in [0, 0.1) is 0 Å². The summed E-state index contributed by atoms with van der Waals surface area (Å²) in [4.78, 5) is 25.8.